The molecular formula is C35H44N2O7. The summed E-state index contributed by atoms with van der Waals surface area (Å²) in [6.07, 6.45) is 1.10. The Hall–Kier alpha value is -3.79. The van der Waals surface area contributed by atoms with Crippen LogP contribution in [0.2, 0.25) is 0 Å². The summed E-state index contributed by atoms with van der Waals surface area (Å²) in [5.74, 6) is 2.35. The second-order valence-corrected chi connectivity index (χ2v) is 11.5. The second kappa shape index (κ2) is 15.8. The van der Waals surface area contributed by atoms with E-state index in [-0.39, 0.29) is 19.0 Å². The summed E-state index contributed by atoms with van der Waals surface area (Å²) >= 11 is 0. The van der Waals surface area contributed by atoms with Crippen LogP contribution in [0.25, 0.3) is 0 Å². The molecule has 0 spiro atoms. The summed E-state index contributed by atoms with van der Waals surface area (Å²) in [5, 5.41) is 14.5. The number of carbonyl (C=O) groups is 1. The van der Waals surface area contributed by atoms with E-state index in [2.05, 4.69) is 10.2 Å². The fourth-order valence-electron chi connectivity index (χ4n) is 5.44. The molecule has 236 valence electrons. The van der Waals surface area contributed by atoms with E-state index in [0.717, 1.165) is 48.4 Å². The Morgan fingerprint density at radius 1 is 0.864 bits per heavy atom. The number of aryl methyl sites for hydroxylation is 2. The number of fused-ring (bicyclic) bond motifs is 1. The molecule has 0 aliphatic carbocycles. The zero-order chi connectivity index (χ0) is 30.7. The largest absolute Gasteiger partial charge is 0.493 e. The lowest BCUT2D eigenvalue weighted by Crippen LogP contribution is -2.49. The van der Waals surface area contributed by atoms with Crippen molar-refractivity contribution in [3.63, 3.8) is 0 Å². The van der Waals surface area contributed by atoms with Gasteiger partial charge in [-0.1, -0.05) is 41.5 Å². The van der Waals surface area contributed by atoms with Crippen LogP contribution in [0.15, 0.2) is 66.7 Å². The van der Waals surface area contributed by atoms with Crippen LogP contribution in [0.4, 0.5) is 0 Å². The lowest BCUT2D eigenvalue weighted by atomic mass is 10.00. The zero-order valence-corrected chi connectivity index (χ0v) is 25.7. The monoisotopic (exact) mass is 604 g/mol. The highest BCUT2D eigenvalue weighted by atomic mass is 16.6. The molecule has 0 saturated carbocycles. The first-order valence-corrected chi connectivity index (χ1v) is 15.6. The Balaban J connectivity index is 1.29. The van der Waals surface area contributed by atoms with E-state index in [9.17, 15) is 9.90 Å². The van der Waals surface area contributed by atoms with Gasteiger partial charge in [0, 0.05) is 13.0 Å². The Labute approximate surface area is 260 Å². The van der Waals surface area contributed by atoms with Gasteiger partial charge in [0.05, 0.1) is 25.7 Å². The minimum absolute atomic E-state index is 0.0817. The maximum atomic E-state index is 13.3. The average molecular weight is 605 g/mol. The van der Waals surface area contributed by atoms with Gasteiger partial charge in [0.25, 0.3) is 0 Å². The van der Waals surface area contributed by atoms with E-state index in [1.165, 1.54) is 0 Å². The predicted octanol–water partition coefficient (Wildman–Crippen LogP) is 4.97. The van der Waals surface area contributed by atoms with E-state index in [0.29, 0.717) is 50.0 Å². The molecule has 3 aromatic rings. The van der Waals surface area contributed by atoms with Crippen molar-refractivity contribution in [2.24, 2.45) is 0 Å². The molecule has 44 heavy (non-hydrogen) atoms. The van der Waals surface area contributed by atoms with Crippen molar-refractivity contribution in [3.8, 4) is 23.0 Å². The third kappa shape index (κ3) is 9.35. The Morgan fingerprint density at radius 2 is 1.48 bits per heavy atom. The van der Waals surface area contributed by atoms with Gasteiger partial charge in [-0.05, 0) is 81.7 Å². The van der Waals surface area contributed by atoms with Crippen molar-refractivity contribution >= 4 is 5.97 Å². The molecule has 1 unspecified atom stereocenters. The maximum Gasteiger partial charge on any atom is 0.309 e. The molecule has 0 radical (unpaired) electrons. The maximum absolute atomic E-state index is 13.3. The quantitative estimate of drug-likeness (QED) is 0.184. The summed E-state index contributed by atoms with van der Waals surface area (Å²) in [6.45, 7) is 8.02. The van der Waals surface area contributed by atoms with Gasteiger partial charge in [0.2, 0.25) is 0 Å². The number of nitrogens with one attached hydrogen (secondary N) is 1. The minimum atomic E-state index is -0.878. The number of carbonyl (C=O) groups excluding carboxylic acids is 1. The minimum Gasteiger partial charge on any atom is -0.493 e. The van der Waals surface area contributed by atoms with E-state index in [1.807, 2.05) is 80.6 Å². The fourth-order valence-corrected chi connectivity index (χ4v) is 5.44. The zero-order valence-electron chi connectivity index (χ0n) is 25.7. The number of rotatable bonds is 15. The predicted molar refractivity (Wildman–Crippen MR) is 167 cm³/mol. The molecule has 0 amide bonds. The van der Waals surface area contributed by atoms with Gasteiger partial charge in [-0.25, -0.2) is 0 Å². The van der Waals surface area contributed by atoms with Crippen LogP contribution in [0.5, 0.6) is 23.0 Å². The van der Waals surface area contributed by atoms with E-state index < -0.39 is 18.4 Å². The SMILES string of the molecule is Cc1ccc(OCCC(=O)O[C@H](c2ccc3c(c2)OCCO3)[C@@H](CN2CCCC2)NC(O)CCOc2ccc(C)cc2)cc1. The molecule has 2 N–H and O–H groups in total. The summed E-state index contributed by atoms with van der Waals surface area (Å²) in [4.78, 5) is 15.6. The third-order valence-electron chi connectivity index (χ3n) is 7.86. The molecule has 5 rings (SSSR count). The number of ether oxygens (including phenoxy) is 5. The summed E-state index contributed by atoms with van der Waals surface area (Å²) in [6, 6.07) is 20.8. The van der Waals surface area contributed by atoms with Gasteiger partial charge >= 0.3 is 5.97 Å². The third-order valence-corrected chi connectivity index (χ3v) is 7.86. The average Bonchev–Trinajstić information content (AvgIpc) is 3.54. The molecule has 1 fully saturated rings. The van der Waals surface area contributed by atoms with Gasteiger partial charge in [0.15, 0.2) is 11.5 Å². The number of aliphatic hydroxyl groups is 1. The molecule has 9 nitrogen and oxygen atoms in total. The van der Waals surface area contributed by atoms with Gasteiger partial charge in [-0.15, -0.1) is 0 Å². The molecule has 0 bridgehead atoms. The lowest BCUT2D eigenvalue weighted by molar-refractivity contribution is -0.152. The van der Waals surface area contributed by atoms with Gasteiger partial charge in [0.1, 0.15) is 37.0 Å². The number of hydrogen-bond acceptors (Lipinski definition) is 9. The number of benzene rings is 3. The number of nitrogens with zero attached hydrogens (tertiary/aromatic N) is 1. The van der Waals surface area contributed by atoms with Crippen LogP contribution < -0.4 is 24.3 Å². The first-order chi connectivity index (χ1) is 21.4. The van der Waals surface area contributed by atoms with Gasteiger partial charge < -0.3 is 33.7 Å². The van der Waals surface area contributed by atoms with E-state index >= 15 is 0 Å². The molecule has 2 heterocycles. The van der Waals surface area contributed by atoms with Gasteiger partial charge in [-0.3, -0.25) is 10.1 Å². The molecule has 9 heteroatoms. The summed E-state index contributed by atoms with van der Waals surface area (Å²) < 4.78 is 29.5. The summed E-state index contributed by atoms with van der Waals surface area (Å²) in [5.41, 5.74) is 3.06. The van der Waals surface area contributed by atoms with E-state index in [1.54, 1.807) is 0 Å². The Morgan fingerprint density at radius 3 is 2.14 bits per heavy atom. The first-order valence-electron chi connectivity index (χ1n) is 15.6. The van der Waals surface area contributed by atoms with Gasteiger partial charge in [-0.2, -0.15) is 0 Å². The fraction of sp³-hybridized carbons (Fsp3) is 0.457. The van der Waals surface area contributed by atoms with Crippen LogP contribution in [0.1, 0.15) is 48.5 Å². The van der Waals surface area contributed by atoms with Crippen molar-refractivity contribution in [1.29, 1.82) is 0 Å². The van der Waals surface area contributed by atoms with Crippen molar-refractivity contribution in [3.05, 3.63) is 83.4 Å². The highest BCUT2D eigenvalue weighted by Crippen LogP contribution is 2.35. The van der Waals surface area contributed by atoms with Crippen LogP contribution >= 0.6 is 0 Å². The van der Waals surface area contributed by atoms with Crippen molar-refractivity contribution in [1.82, 2.24) is 10.2 Å². The molecule has 2 aliphatic heterocycles. The molecule has 3 atom stereocenters. The van der Waals surface area contributed by atoms with Crippen molar-refractivity contribution < 1.29 is 33.6 Å². The Kier molecular flexibility index (Phi) is 11.4. The second-order valence-electron chi connectivity index (χ2n) is 11.5. The van der Waals surface area contributed by atoms with Crippen LogP contribution in [-0.2, 0) is 9.53 Å². The smallest absolute Gasteiger partial charge is 0.309 e. The van der Waals surface area contributed by atoms with Crippen LogP contribution in [0, 0.1) is 13.8 Å². The first kappa shape index (κ1) is 31.6. The standard InChI is InChI=1S/C35H44N2O7/c1-25-5-10-28(11-6-25)40-19-15-33(38)36-30(24-37-17-3-4-18-37)35(27-9-14-31-32(23-27)43-22-21-42-31)44-34(39)16-20-41-29-12-7-26(2)8-13-29/h5-14,23,30,33,35-36,38H,3-4,15-22,24H2,1-2H3/t30-,33?,35-/m1/s1. The normalized spacial score (nSPS) is 16.6. The van der Waals surface area contributed by atoms with Crippen molar-refractivity contribution in [2.45, 2.75) is 57.9 Å². The molecule has 3 aromatic carbocycles. The Bertz CT molecular complexity index is 1330. The molecule has 2 aliphatic rings. The van der Waals surface area contributed by atoms with Crippen molar-refractivity contribution in [2.75, 3.05) is 46.1 Å². The number of hydrogen-bond donors (Lipinski definition) is 2. The highest BCUT2D eigenvalue weighted by molar-refractivity contribution is 5.70. The highest BCUT2D eigenvalue weighted by Gasteiger charge is 2.32. The van der Waals surface area contributed by atoms with Crippen LogP contribution in [-0.4, -0.2) is 74.3 Å². The lowest BCUT2D eigenvalue weighted by Gasteiger charge is -2.33. The van der Waals surface area contributed by atoms with Crippen LogP contribution in [0.3, 0.4) is 0 Å². The molecular weight excluding hydrogens is 560 g/mol. The number of esters is 1. The summed E-state index contributed by atoms with van der Waals surface area (Å²) in [7, 11) is 0. The number of likely N-dealkylation sites (tertiary alicyclic amines) is 1. The topological polar surface area (TPSA) is 98.7 Å². The number of aliphatic hydroxyl groups excluding tert-OH is 1. The molecule has 0 aromatic heterocycles. The van der Waals surface area contributed by atoms with E-state index in [4.69, 9.17) is 23.7 Å². The molecule has 1 saturated heterocycles.